The molecule has 0 spiro atoms. The van der Waals surface area contributed by atoms with Crippen LogP contribution in [0.4, 0.5) is 0 Å². The first kappa shape index (κ1) is 27.0. The zero-order valence-electron chi connectivity index (χ0n) is 20.0. The molecule has 2 heteroatoms. The van der Waals surface area contributed by atoms with Gasteiger partial charge >= 0.3 is 0 Å². The van der Waals surface area contributed by atoms with Gasteiger partial charge in [0.05, 0.1) is 6.61 Å². The molecule has 174 valence electrons. The fraction of sp³-hybridized carbons (Fsp3) is 0.786. The summed E-state index contributed by atoms with van der Waals surface area (Å²) in [4.78, 5) is 0. The molecule has 0 radical (unpaired) electrons. The smallest absolute Gasteiger partial charge is 0.119 e. The van der Waals surface area contributed by atoms with Gasteiger partial charge in [-0.2, -0.15) is 0 Å². The van der Waals surface area contributed by atoms with Gasteiger partial charge in [-0.1, -0.05) is 128 Å². The van der Waals surface area contributed by atoms with Crippen LogP contribution in [0, 0.1) is 0 Å². The molecular weight excluding hydrogens is 368 g/mol. The molecule has 0 aliphatic carbocycles. The number of benzene rings is 1. The monoisotopic (exact) mass is 418 g/mol. The van der Waals surface area contributed by atoms with Crippen molar-refractivity contribution in [3.8, 4) is 5.75 Å². The van der Waals surface area contributed by atoms with Crippen LogP contribution in [-0.4, -0.2) is 18.3 Å². The van der Waals surface area contributed by atoms with E-state index >= 15 is 0 Å². The number of rotatable bonds is 22. The molecule has 0 saturated carbocycles. The van der Waals surface area contributed by atoms with E-state index in [2.05, 4.69) is 19.1 Å². The lowest BCUT2D eigenvalue weighted by molar-refractivity contribution is 0.201. The third-order valence-electron chi connectivity index (χ3n) is 6.10. The highest BCUT2D eigenvalue weighted by molar-refractivity contribution is 5.27. The largest absolute Gasteiger partial charge is 0.491 e. The van der Waals surface area contributed by atoms with Gasteiger partial charge in [0.25, 0.3) is 0 Å². The molecule has 0 amide bonds. The van der Waals surface area contributed by atoms with Crippen LogP contribution < -0.4 is 4.74 Å². The van der Waals surface area contributed by atoms with Crippen molar-refractivity contribution in [1.82, 2.24) is 0 Å². The van der Waals surface area contributed by atoms with E-state index in [1.54, 1.807) is 0 Å². The molecule has 0 aromatic heterocycles. The molecule has 0 heterocycles. The van der Waals surface area contributed by atoms with Gasteiger partial charge in [0.1, 0.15) is 12.4 Å². The van der Waals surface area contributed by atoms with Gasteiger partial charge in [0, 0.05) is 0 Å². The molecular formula is C28H50O2. The number of aliphatic hydroxyl groups excluding tert-OH is 1. The second-order valence-electron chi connectivity index (χ2n) is 8.98. The van der Waals surface area contributed by atoms with Crippen molar-refractivity contribution < 1.29 is 9.84 Å². The van der Waals surface area contributed by atoms with Crippen molar-refractivity contribution in [2.75, 3.05) is 13.2 Å². The summed E-state index contributed by atoms with van der Waals surface area (Å²) in [5, 5.41) is 8.78. The molecule has 0 fully saturated rings. The number of ether oxygens (including phenoxy) is 1. The van der Waals surface area contributed by atoms with Crippen LogP contribution in [0.1, 0.15) is 128 Å². The first-order valence-corrected chi connectivity index (χ1v) is 13.2. The zero-order valence-corrected chi connectivity index (χ0v) is 20.0. The summed E-state index contributed by atoms with van der Waals surface area (Å²) in [5.74, 6) is 0.852. The Hall–Kier alpha value is -1.02. The summed E-state index contributed by atoms with van der Waals surface area (Å²) in [7, 11) is 0. The van der Waals surface area contributed by atoms with Crippen molar-refractivity contribution in [3.63, 3.8) is 0 Å². The van der Waals surface area contributed by atoms with E-state index < -0.39 is 0 Å². The molecule has 0 unspecified atom stereocenters. The normalized spacial score (nSPS) is 11.1. The fourth-order valence-corrected chi connectivity index (χ4v) is 4.15. The van der Waals surface area contributed by atoms with Crippen molar-refractivity contribution in [1.29, 1.82) is 0 Å². The molecule has 0 aliphatic heterocycles. The topological polar surface area (TPSA) is 29.5 Å². The molecule has 0 bridgehead atoms. The maximum absolute atomic E-state index is 8.78. The Morgan fingerprint density at radius 1 is 0.567 bits per heavy atom. The quantitative estimate of drug-likeness (QED) is 0.191. The molecule has 1 rings (SSSR count). The molecule has 0 saturated heterocycles. The predicted molar refractivity (Wildman–Crippen MR) is 132 cm³/mol. The lowest BCUT2D eigenvalue weighted by atomic mass is 10.0. The molecule has 1 aromatic rings. The average Bonchev–Trinajstić information content (AvgIpc) is 2.77. The number of aliphatic hydroxyl groups is 1. The molecule has 0 atom stereocenters. The van der Waals surface area contributed by atoms with Gasteiger partial charge < -0.3 is 9.84 Å². The van der Waals surface area contributed by atoms with Crippen molar-refractivity contribution >= 4 is 0 Å². The van der Waals surface area contributed by atoms with Crippen LogP contribution in [-0.2, 0) is 6.42 Å². The first-order chi connectivity index (χ1) is 14.9. The molecule has 0 aliphatic rings. The van der Waals surface area contributed by atoms with Crippen LogP contribution in [0.5, 0.6) is 5.75 Å². The molecule has 1 aromatic carbocycles. The van der Waals surface area contributed by atoms with Crippen molar-refractivity contribution in [2.45, 2.75) is 129 Å². The van der Waals surface area contributed by atoms with E-state index in [1.807, 2.05) is 12.1 Å². The Labute approximate surface area is 187 Å². The van der Waals surface area contributed by atoms with E-state index in [9.17, 15) is 0 Å². The number of hydrogen-bond acceptors (Lipinski definition) is 2. The Balaban J connectivity index is 1.77. The SMILES string of the molecule is CCCCCCCCCCCCCCCCCCCCc1ccc(OCCO)cc1. The van der Waals surface area contributed by atoms with Crippen molar-refractivity contribution in [3.05, 3.63) is 29.8 Å². The van der Waals surface area contributed by atoms with E-state index in [0.717, 1.165) is 5.75 Å². The minimum atomic E-state index is 0.0705. The van der Waals surface area contributed by atoms with Gasteiger partial charge in [-0.25, -0.2) is 0 Å². The Bertz CT molecular complexity index is 454. The van der Waals surface area contributed by atoms with Gasteiger partial charge in [0.15, 0.2) is 0 Å². The standard InChI is InChI=1S/C28H50O2/c1-2-3-4-5-6-7-8-9-10-11-12-13-14-15-16-17-18-19-20-27-21-23-28(24-22-27)30-26-25-29/h21-24,29H,2-20,25-26H2,1H3. The van der Waals surface area contributed by atoms with Crippen LogP contribution in [0.25, 0.3) is 0 Å². The van der Waals surface area contributed by atoms with Gasteiger partial charge in [-0.15, -0.1) is 0 Å². The predicted octanol–water partition coefficient (Wildman–Crippen LogP) is 8.64. The lowest BCUT2D eigenvalue weighted by Crippen LogP contribution is -2.01. The second kappa shape index (κ2) is 21.2. The van der Waals surface area contributed by atoms with E-state index in [-0.39, 0.29) is 6.61 Å². The van der Waals surface area contributed by atoms with Crippen LogP contribution in [0.15, 0.2) is 24.3 Å². The second-order valence-corrected chi connectivity index (χ2v) is 8.98. The summed E-state index contributed by atoms with van der Waals surface area (Å²) in [5.41, 5.74) is 1.39. The van der Waals surface area contributed by atoms with Gasteiger partial charge in [-0.3, -0.25) is 0 Å². The zero-order chi connectivity index (χ0) is 21.5. The molecule has 2 nitrogen and oxygen atoms in total. The summed E-state index contributed by atoms with van der Waals surface area (Å²) in [6.45, 7) is 2.74. The van der Waals surface area contributed by atoms with Crippen LogP contribution >= 0.6 is 0 Å². The third-order valence-corrected chi connectivity index (χ3v) is 6.10. The van der Waals surface area contributed by atoms with E-state index in [0.29, 0.717) is 6.61 Å². The summed E-state index contributed by atoms with van der Waals surface area (Å²) in [6, 6.07) is 8.33. The van der Waals surface area contributed by atoms with Crippen LogP contribution in [0.2, 0.25) is 0 Å². The maximum atomic E-state index is 8.78. The number of hydrogen-bond donors (Lipinski definition) is 1. The van der Waals surface area contributed by atoms with Crippen LogP contribution in [0.3, 0.4) is 0 Å². The highest BCUT2D eigenvalue weighted by Gasteiger charge is 1.98. The maximum Gasteiger partial charge on any atom is 0.119 e. The Kier molecular flexibility index (Phi) is 19.1. The third kappa shape index (κ3) is 16.7. The number of aryl methyl sites for hydroxylation is 1. The summed E-state index contributed by atoms with van der Waals surface area (Å²) in [6.07, 6.45) is 26.8. The summed E-state index contributed by atoms with van der Waals surface area (Å²) >= 11 is 0. The molecule has 30 heavy (non-hydrogen) atoms. The highest BCUT2D eigenvalue weighted by atomic mass is 16.5. The minimum absolute atomic E-state index is 0.0705. The highest BCUT2D eigenvalue weighted by Crippen LogP contribution is 2.16. The average molecular weight is 419 g/mol. The lowest BCUT2D eigenvalue weighted by Gasteiger charge is -2.06. The van der Waals surface area contributed by atoms with Gasteiger partial charge in [0.2, 0.25) is 0 Å². The van der Waals surface area contributed by atoms with E-state index in [4.69, 9.17) is 9.84 Å². The minimum Gasteiger partial charge on any atom is -0.491 e. The van der Waals surface area contributed by atoms with Crippen molar-refractivity contribution in [2.24, 2.45) is 0 Å². The molecule has 1 N–H and O–H groups in total. The van der Waals surface area contributed by atoms with E-state index in [1.165, 1.54) is 128 Å². The Morgan fingerprint density at radius 3 is 1.37 bits per heavy atom. The number of unbranched alkanes of at least 4 members (excludes halogenated alkanes) is 17. The fourth-order valence-electron chi connectivity index (χ4n) is 4.15. The van der Waals surface area contributed by atoms with Gasteiger partial charge in [-0.05, 0) is 30.5 Å². The summed E-state index contributed by atoms with van der Waals surface area (Å²) < 4.78 is 5.40. The first-order valence-electron chi connectivity index (χ1n) is 13.2. The Morgan fingerprint density at radius 2 is 0.967 bits per heavy atom.